The van der Waals surface area contributed by atoms with Crippen molar-refractivity contribution in [3.05, 3.63) is 77.2 Å². The molecule has 3 aromatic rings. The number of rotatable bonds is 9. The third-order valence-corrected chi connectivity index (χ3v) is 5.27. The maximum atomic E-state index is 12.0. The van der Waals surface area contributed by atoms with E-state index in [1.54, 1.807) is 18.3 Å². The Hall–Kier alpha value is -3.56. The van der Waals surface area contributed by atoms with Crippen molar-refractivity contribution in [2.45, 2.75) is 46.6 Å². The number of hydrogen-bond donors (Lipinski definition) is 2. The number of amides is 1. The first-order valence-corrected chi connectivity index (χ1v) is 11.3. The monoisotopic (exact) mass is 441 g/mol. The standard InChI is InChI=1S/C27H31N5O/c1-18(2)27(33)32-24-10-9-22(16-23(24)17-28)25-12-14-30-26(31-25)15-21-7-5-20(6-8-21)11-13-29-19(3)4/h5-10,12,14,16,18-19,29H,11,13,15H2,1-4H3,(H,32,33). The Morgan fingerprint density at radius 3 is 2.42 bits per heavy atom. The van der Waals surface area contributed by atoms with Gasteiger partial charge in [0.25, 0.3) is 0 Å². The number of hydrogen-bond acceptors (Lipinski definition) is 5. The third kappa shape index (κ3) is 6.96. The van der Waals surface area contributed by atoms with E-state index < -0.39 is 0 Å². The molecule has 0 aliphatic heterocycles. The highest BCUT2D eigenvalue weighted by atomic mass is 16.1. The zero-order valence-electron chi connectivity index (χ0n) is 19.7. The fourth-order valence-electron chi connectivity index (χ4n) is 3.34. The molecule has 1 heterocycles. The van der Waals surface area contributed by atoms with Crippen molar-refractivity contribution >= 4 is 11.6 Å². The molecule has 6 heteroatoms. The van der Waals surface area contributed by atoms with Crippen LogP contribution in [0.25, 0.3) is 11.3 Å². The molecule has 0 saturated heterocycles. The van der Waals surface area contributed by atoms with E-state index in [1.807, 2.05) is 26.0 Å². The van der Waals surface area contributed by atoms with Crippen LogP contribution in [0.5, 0.6) is 0 Å². The van der Waals surface area contributed by atoms with Gasteiger partial charge in [0, 0.05) is 30.1 Å². The van der Waals surface area contributed by atoms with Gasteiger partial charge in [-0.2, -0.15) is 5.26 Å². The lowest BCUT2D eigenvalue weighted by Crippen LogP contribution is -2.24. The van der Waals surface area contributed by atoms with E-state index >= 15 is 0 Å². The molecule has 6 nitrogen and oxygen atoms in total. The lowest BCUT2D eigenvalue weighted by molar-refractivity contribution is -0.118. The summed E-state index contributed by atoms with van der Waals surface area (Å²) in [6.07, 6.45) is 3.37. The zero-order chi connectivity index (χ0) is 23.8. The van der Waals surface area contributed by atoms with Crippen LogP contribution in [0.1, 0.15) is 50.2 Å². The van der Waals surface area contributed by atoms with Crippen LogP contribution in [0.15, 0.2) is 54.7 Å². The van der Waals surface area contributed by atoms with Gasteiger partial charge in [-0.1, -0.05) is 58.0 Å². The maximum Gasteiger partial charge on any atom is 0.226 e. The van der Waals surface area contributed by atoms with Crippen LogP contribution in [0.4, 0.5) is 5.69 Å². The summed E-state index contributed by atoms with van der Waals surface area (Å²) in [4.78, 5) is 21.1. The number of carbonyl (C=O) groups excluding carboxylic acids is 1. The topological polar surface area (TPSA) is 90.7 Å². The van der Waals surface area contributed by atoms with Crippen molar-refractivity contribution < 1.29 is 4.79 Å². The molecule has 0 bridgehead atoms. The first kappa shape index (κ1) is 24.1. The van der Waals surface area contributed by atoms with E-state index in [-0.39, 0.29) is 11.8 Å². The Kier molecular flexibility index (Phi) is 8.28. The highest BCUT2D eigenvalue weighted by Crippen LogP contribution is 2.24. The van der Waals surface area contributed by atoms with Gasteiger partial charge in [-0.25, -0.2) is 9.97 Å². The molecule has 2 N–H and O–H groups in total. The Morgan fingerprint density at radius 1 is 1.03 bits per heavy atom. The number of aromatic nitrogens is 2. The Morgan fingerprint density at radius 2 is 1.76 bits per heavy atom. The van der Waals surface area contributed by atoms with Gasteiger partial charge in [-0.3, -0.25) is 4.79 Å². The molecule has 2 aromatic carbocycles. The number of nitriles is 1. The molecule has 0 aliphatic rings. The van der Waals surface area contributed by atoms with Crippen LogP contribution < -0.4 is 10.6 Å². The number of nitrogens with one attached hydrogen (secondary N) is 2. The second-order valence-electron chi connectivity index (χ2n) is 8.73. The predicted octanol–water partition coefficient (Wildman–Crippen LogP) is 4.74. The fourth-order valence-corrected chi connectivity index (χ4v) is 3.34. The summed E-state index contributed by atoms with van der Waals surface area (Å²) in [5, 5.41) is 15.8. The van der Waals surface area contributed by atoms with Gasteiger partial charge in [-0.05, 0) is 42.3 Å². The Bertz CT molecular complexity index is 1130. The van der Waals surface area contributed by atoms with Gasteiger partial charge >= 0.3 is 0 Å². The molecule has 0 radical (unpaired) electrons. The number of anilines is 1. The van der Waals surface area contributed by atoms with Gasteiger partial charge in [0.1, 0.15) is 11.9 Å². The predicted molar refractivity (Wildman–Crippen MR) is 132 cm³/mol. The first-order chi connectivity index (χ1) is 15.9. The normalized spacial score (nSPS) is 10.9. The Balaban J connectivity index is 1.72. The molecule has 1 aromatic heterocycles. The van der Waals surface area contributed by atoms with Gasteiger partial charge in [-0.15, -0.1) is 0 Å². The molecule has 33 heavy (non-hydrogen) atoms. The van der Waals surface area contributed by atoms with Crippen LogP contribution in [-0.4, -0.2) is 28.5 Å². The van der Waals surface area contributed by atoms with Gasteiger partial charge in [0.15, 0.2) is 0 Å². The molecule has 0 atom stereocenters. The number of nitrogens with zero attached hydrogens (tertiary/aromatic N) is 3. The van der Waals surface area contributed by atoms with E-state index in [9.17, 15) is 10.1 Å². The van der Waals surface area contributed by atoms with E-state index in [1.165, 1.54) is 5.56 Å². The number of benzene rings is 2. The van der Waals surface area contributed by atoms with Crippen molar-refractivity contribution in [2.75, 3.05) is 11.9 Å². The molecule has 0 saturated carbocycles. The lowest BCUT2D eigenvalue weighted by atomic mass is 10.0. The molecular formula is C27H31N5O. The highest BCUT2D eigenvalue weighted by molar-refractivity contribution is 5.93. The van der Waals surface area contributed by atoms with Gasteiger partial charge < -0.3 is 10.6 Å². The Labute approximate surface area is 196 Å². The lowest BCUT2D eigenvalue weighted by Gasteiger charge is -2.11. The van der Waals surface area contributed by atoms with E-state index in [0.717, 1.165) is 35.6 Å². The molecule has 0 unspecified atom stereocenters. The van der Waals surface area contributed by atoms with Crippen LogP contribution in [-0.2, 0) is 17.6 Å². The minimum Gasteiger partial charge on any atom is -0.325 e. The highest BCUT2D eigenvalue weighted by Gasteiger charge is 2.12. The summed E-state index contributed by atoms with van der Waals surface area (Å²) in [6, 6.07) is 18.4. The smallest absolute Gasteiger partial charge is 0.226 e. The maximum absolute atomic E-state index is 12.0. The first-order valence-electron chi connectivity index (χ1n) is 11.3. The van der Waals surface area contributed by atoms with E-state index in [0.29, 0.717) is 23.7 Å². The average Bonchev–Trinajstić information content (AvgIpc) is 2.80. The van der Waals surface area contributed by atoms with Crippen molar-refractivity contribution in [1.82, 2.24) is 15.3 Å². The van der Waals surface area contributed by atoms with Gasteiger partial charge in [0.2, 0.25) is 5.91 Å². The van der Waals surface area contributed by atoms with Crippen molar-refractivity contribution in [3.63, 3.8) is 0 Å². The minimum atomic E-state index is -0.161. The largest absolute Gasteiger partial charge is 0.325 e. The SMILES string of the molecule is CC(C)NCCc1ccc(Cc2nccc(-c3ccc(NC(=O)C(C)C)c(C#N)c3)n2)cc1. The van der Waals surface area contributed by atoms with Crippen LogP contribution >= 0.6 is 0 Å². The summed E-state index contributed by atoms with van der Waals surface area (Å²) >= 11 is 0. The molecule has 0 spiro atoms. The van der Waals surface area contributed by atoms with Gasteiger partial charge in [0.05, 0.1) is 16.9 Å². The van der Waals surface area contributed by atoms with Crippen molar-refractivity contribution in [1.29, 1.82) is 5.26 Å². The van der Waals surface area contributed by atoms with Crippen LogP contribution in [0.3, 0.4) is 0 Å². The quantitative estimate of drug-likeness (QED) is 0.500. The average molecular weight is 442 g/mol. The molecule has 3 rings (SSSR count). The minimum absolute atomic E-state index is 0.120. The number of carbonyl (C=O) groups is 1. The van der Waals surface area contributed by atoms with Crippen LogP contribution in [0.2, 0.25) is 0 Å². The van der Waals surface area contributed by atoms with E-state index in [2.05, 4.69) is 59.8 Å². The molecule has 0 aliphatic carbocycles. The molecular weight excluding hydrogens is 410 g/mol. The van der Waals surface area contributed by atoms with Crippen LogP contribution in [0, 0.1) is 17.2 Å². The summed E-state index contributed by atoms with van der Waals surface area (Å²) in [5.74, 6) is 0.439. The fraction of sp³-hybridized carbons (Fsp3) is 0.333. The third-order valence-electron chi connectivity index (χ3n) is 5.27. The zero-order valence-corrected chi connectivity index (χ0v) is 19.7. The second kappa shape index (κ2) is 11.3. The summed E-state index contributed by atoms with van der Waals surface area (Å²) < 4.78 is 0. The van der Waals surface area contributed by atoms with Crippen molar-refractivity contribution in [3.8, 4) is 17.3 Å². The molecule has 170 valence electrons. The molecule has 1 amide bonds. The van der Waals surface area contributed by atoms with E-state index in [4.69, 9.17) is 4.98 Å². The second-order valence-corrected chi connectivity index (χ2v) is 8.73. The summed E-state index contributed by atoms with van der Waals surface area (Å²) in [7, 11) is 0. The molecule has 0 fully saturated rings. The van der Waals surface area contributed by atoms with Crippen molar-refractivity contribution in [2.24, 2.45) is 5.92 Å². The summed E-state index contributed by atoms with van der Waals surface area (Å²) in [5.41, 5.74) is 4.93. The summed E-state index contributed by atoms with van der Waals surface area (Å²) in [6.45, 7) is 8.90.